The summed E-state index contributed by atoms with van der Waals surface area (Å²) in [6, 6.07) is 4.68. The molecule has 0 spiro atoms. The molecule has 1 heterocycles. The highest BCUT2D eigenvalue weighted by Crippen LogP contribution is 2.44. The number of ether oxygens (including phenoxy) is 1. The highest BCUT2D eigenvalue weighted by atomic mass is 35.5. The minimum absolute atomic E-state index is 0.0124. The quantitative estimate of drug-likeness (QED) is 0.844. The van der Waals surface area contributed by atoms with Gasteiger partial charge in [-0.3, -0.25) is 4.79 Å². The molecule has 2 aliphatic carbocycles. The van der Waals surface area contributed by atoms with Crippen molar-refractivity contribution in [1.82, 2.24) is 9.62 Å². The standard InChI is InChI=1S/C18H23ClN2O4S/c19-15-4-3-14(18(22)20-16-10-12-1-2-13(16)9-12)11-17(15)26(23,24)21-5-7-25-8-6-21/h3-4,11-13,16H,1-2,5-10H2,(H,20,22)/t12-,13-,16+/m1/s1. The van der Waals surface area contributed by atoms with Crippen molar-refractivity contribution in [3.63, 3.8) is 0 Å². The van der Waals surface area contributed by atoms with E-state index in [0.717, 1.165) is 12.3 Å². The number of carbonyl (C=O) groups is 1. The summed E-state index contributed by atoms with van der Waals surface area (Å²) < 4.78 is 32.3. The van der Waals surface area contributed by atoms with Gasteiger partial charge in [-0.25, -0.2) is 8.42 Å². The Balaban J connectivity index is 1.54. The number of halogens is 1. The minimum Gasteiger partial charge on any atom is -0.379 e. The van der Waals surface area contributed by atoms with Crippen LogP contribution in [0.15, 0.2) is 23.1 Å². The van der Waals surface area contributed by atoms with Crippen LogP contribution in [0.2, 0.25) is 5.02 Å². The van der Waals surface area contributed by atoms with E-state index in [1.807, 2.05) is 0 Å². The predicted octanol–water partition coefficient (Wildman–Crippen LogP) is 2.28. The Labute approximate surface area is 158 Å². The number of fused-ring (bicyclic) bond motifs is 2. The van der Waals surface area contributed by atoms with E-state index in [9.17, 15) is 13.2 Å². The van der Waals surface area contributed by atoms with Crippen molar-refractivity contribution in [3.8, 4) is 0 Å². The van der Waals surface area contributed by atoms with E-state index in [2.05, 4.69) is 5.32 Å². The van der Waals surface area contributed by atoms with Crippen LogP contribution in [0.1, 0.15) is 36.0 Å². The first kappa shape index (κ1) is 18.2. The minimum atomic E-state index is -3.74. The Morgan fingerprint density at radius 2 is 1.96 bits per heavy atom. The molecular formula is C18H23ClN2O4S. The summed E-state index contributed by atoms with van der Waals surface area (Å²) in [6.45, 7) is 1.31. The van der Waals surface area contributed by atoms with Crippen molar-refractivity contribution in [2.75, 3.05) is 26.3 Å². The van der Waals surface area contributed by atoms with Crippen LogP contribution in [0.4, 0.5) is 0 Å². The summed E-state index contributed by atoms with van der Waals surface area (Å²) in [4.78, 5) is 12.6. The van der Waals surface area contributed by atoms with E-state index in [-0.39, 0.29) is 21.9 Å². The first-order valence-electron chi connectivity index (χ1n) is 9.13. The molecule has 1 aromatic carbocycles. The molecule has 3 aliphatic rings. The van der Waals surface area contributed by atoms with Gasteiger partial charge < -0.3 is 10.1 Å². The van der Waals surface area contributed by atoms with Crippen LogP contribution in [0.3, 0.4) is 0 Å². The largest absolute Gasteiger partial charge is 0.379 e. The summed E-state index contributed by atoms with van der Waals surface area (Å²) in [7, 11) is -3.74. The molecule has 0 unspecified atom stereocenters. The monoisotopic (exact) mass is 398 g/mol. The molecule has 8 heteroatoms. The number of hydrogen-bond donors (Lipinski definition) is 1. The van der Waals surface area contributed by atoms with Crippen LogP contribution in [0.25, 0.3) is 0 Å². The molecule has 2 bridgehead atoms. The lowest BCUT2D eigenvalue weighted by Crippen LogP contribution is -2.41. The summed E-state index contributed by atoms with van der Waals surface area (Å²) in [5, 5.41) is 3.23. The number of benzene rings is 1. The highest BCUT2D eigenvalue weighted by molar-refractivity contribution is 7.89. The lowest BCUT2D eigenvalue weighted by molar-refractivity contribution is 0.0730. The third-order valence-corrected chi connectivity index (χ3v) is 8.22. The molecule has 1 N–H and O–H groups in total. The molecule has 1 aromatic rings. The average Bonchev–Trinajstić information content (AvgIpc) is 3.25. The van der Waals surface area contributed by atoms with Gasteiger partial charge in [-0.1, -0.05) is 18.0 Å². The molecule has 142 valence electrons. The fourth-order valence-corrected chi connectivity index (χ4v) is 6.35. The topological polar surface area (TPSA) is 75.7 Å². The van der Waals surface area contributed by atoms with Gasteiger partial charge in [0.15, 0.2) is 0 Å². The smallest absolute Gasteiger partial charge is 0.251 e. The lowest BCUT2D eigenvalue weighted by Gasteiger charge is -2.26. The molecule has 1 amide bonds. The molecule has 26 heavy (non-hydrogen) atoms. The first-order valence-corrected chi connectivity index (χ1v) is 11.0. The van der Waals surface area contributed by atoms with E-state index in [4.69, 9.17) is 16.3 Å². The van der Waals surface area contributed by atoms with Crippen LogP contribution in [0.5, 0.6) is 0 Å². The number of amides is 1. The van der Waals surface area contributed by atoms with Gasteiger partial charge in [-0.15, -0.1) is 0 Å². The fraction of sp³-hybridized carbons (Fsp3) is 0.611. The van der Waals surface area contributed by atoms with Gasteiger partial charge in [0.2, 0.25) is 10.0 Å². The van der Waals surface area contributed by atoms with Crippen molar-refractivity contribution in [2.45, 2.75) is 36.6 Å². The van der Waals surface area contributed by atoms with Crippen molar-refractivity contribution in [3.05, 3.63) is 28.8 Å². The van der Waals surface area contributed by atoms with Crippen molar-refractivity contribution >= 4 is 27.5 Å². The maximum absolute atomic E-state index is 12.9. The molecule has 1 saturated heterocycles. The van der Waals surface area contributed by atoms with E-state index < -0.39 is 10.0 Å². The van der Waals surface area contributed by atoms with E-state index in [1.165, 1.54) is 35.7 Å². The normalized spacial score (nSPS) is 29.0. The Morgan fingerprint density at radius 3 is 2.62 bits per heavy atom. The fourth-order valence-electron chi connectivity index (χ4n) is 4.44. The van der Waals surface area contributed by atoms with Crippen LogP contribution in [0, 0.1) is 11.8 Å². The maximum atomic E-state index is 12.9. The molecule has 2 saturated carbocycles. The van der Waals surface area contributed by atoms with Crippen molar-refractivity contribution in [1.29, 1.82) is 0 Å². The van der Waals surface area contributed by atoms with Gasteiger partial charge >= 0.3 is 0 Å². The lowest BCUT2D eigenvalue weighted by atomic mass is 9.95. The number of hydrogen-bond acceptors (Lipinski definition) is 4. The zero-order valence-electron chi connectivity index (χ0n) is 14.5. The molecule has 4 rings (SSSR count). The molecule has 0 radical (unpaired) electrons. The second-order valence-corrected chi connectivity index (χ2v) is 9.73. The third-order valence-electron chi connectivity index (χ3n) is 5.84. The van der Waals surface area contributed by atoms with Crippen LogP contribution in [-0.2, 0) is 14.8 Å². The molecule has 3 atom stereocenters. The summed E-state index contributed by atoms with van der Waals surface area (Å²) in [5.41, 5.74) is 0.337. The van der Waals surface area contributed by atoms with Gasteiger partial charge in [0.1, 0.15) is 4.90 Å². The third kappa shape index (κ3) is 3.38. The van der Waals surface area contributed by atoms with Crippen LogP contribution in [-0.4, -0.2) is 51.0 Å². The van der Waals surface area contributed by atoms with E-state index >= 15 is 0 Å². The molecule has 0 aromatic heterocycles. The van der Waals surface area contributed by atoms with Gasteiger partial charge in [0, 0.05) is 24.7 Å². The highest BCUT2D eigenvalue weighted by Gasteiger charge is 2.40. The summed E-state index contributed by atoms with van der Waals surface area (Å²) >= 11 is 6.16. The van der Waals surface area contributed by atoms with Crippen LogP contribution >= 0.6 is 11.6 Å². The Hall–Kier alpha value is -1.15. The number of sulfonamides is 1. The number of morpholine rings is 1. The van der Waals surface area contributed by atoms with Crippen molar-refractivity contribution in [2.24, 2.45) is 11.8 Å². The Bertz CT molecular complexity index is 807. The Morgan fingerprint density at radius 1 is 1.19 bits per heavy atom. The predicted molar refractivity (Wildman–Crippen MR) is 97.7 cm³/mol. The molecular weight excluding hydrogens is 376 g/mol. The van der Waals surface area contributed by atoms with E-state index in [1.54, 1.807) is 6.07 Å². The number of nitrogens with zero attached hydrogens (tertiary/aromatic N) is 1. The Kier molecular flexibility index (Phi) is 4.98. The zero-order valence-corrected chi connectivity index (χ0v) is 16.1. The summed E-state index contributed by atoms with van der Waals surface area (Å²) in [6.07, 6.45) is 4.66. The van der Waals surface area contributed by atoms with Gasteiger partial charge in [-0.2, -0.15) is 4.31 Å². The first-order chi connectivity index (χ1) is 12.4. The van der Waals surface area contributed by atoms with Gasteiger partial charge in [0.25, 0.3) is 5.91 Å². The second-order valence-electron chi connectivity index (χ2n) is 7.42. The van der Waals surface area contributed by atoms with Gasteiger partial charge in [-0.05, 0) is 49.3 Å². The average molecular weight is 399 g/mol. The second kappa shape index (κ2) is 7.11. The zero-order chi connectivity index (χ0) is 18.3. The number of carbonyl (C=O) groups excluding carboxylic acids is 1. The molecule has 3 fully saturated rings. The van der Waals surface area contributed by atoms with Crippen LogP contribution < -0.4 is 5.32 Å². The van der Waals surface area contributed by atoms with E-state index in [0.29, 0.717) is 37.8 Å². The SMILES string of the molecule is O=C(N[C@H]1C[C@@H]2CC[C@@H]1C2)c1ccc(Cl)c(S(=O)(=O)N2CCOCC2)c1. The number of rotatable bonds is 4. The van der Waals surface area contributed by atoms with Gasteiger partial charge in [0.05, 0.1) is 18.2 Å². The molecule has 1 aliphatic heterocycles. The van der Waals surface area contributed by atoms with Crippen molar-refractivity contribution < 1.29 is 17.9 Å². The molecule has 6 nitrogen and oxygen atoms in total. The summed E-state index contributed by atoms with van der Waals surface area (Å²) in [5.74, 6) is 1.07. The number of nitrogens with one attached hydrogen (secondary N) is 1. The maximum Gasteiger partial charge on any atom is 0.251 e.